The highest BCUT2D eigenvalue weighted by Gasteiger charge is 2.40. The lowest BCUT2D eigenvalue weighted by Crippen LogP contribution is -2.38. The molecule has 1 aliphatic heterocycles. The fraction of sp³-hybridized carbons (Fsp3) is 0.296. The molecule has 1 heterocycles. The first-order chi connectivity index (χ1) is 14.7. The van der Waals surface area contributed by atoms with Crippen LogP contribution in [0, 0.1) is 5.41 Å². The Hall–Kier alpha value is -2.59. The van der Waals surface area contributed by atoms with Gasteiger partial charge in [-0.1, -0.05) is 50.2 Å². The molecule has 0 unspecified atom stereocenters. The van der Waals surface area contributed by atoms with Crippen LogP contribution in [-0.2, 0) is 11.3 Å². The number of ketones is 1. The van der Waals surface area contributed by atoms with E-state index in [-0.39, 0.29) is 11.2 Å². The van der Waals surface area contributed by atoms with E-state index in [0.29, 0.717) is 13.0 Å². The maximum atomic E-state index is 13.5. The number of hydrogen-bond acceptors (Lipinski definition) is 3. The van der Waals surface area contributed by atoms with Gasteiger partial charge in [0.15, 0.2) is 5.78 Å². The maximum Gasteiger partial charge on any atom is 0.180 e. The fourth-order valence-corrected chi connectivity index (χ4v) is 5.85. The molecule has 0 saturated heterocycles. The molecule has 3 nitrogen and oxygen atoms in total. The third-order valence-corrected chi connectivity index (χ3v) is 7.12. The predicted molar refractivity (Wildman–Crippen MR) is 134 cm³/mol. The first-order valence-corrected chi connectivity index (χ1v) is 11.6. The van der Waals surface area contributed by atoms with Crippen LogP contribution in [-0.4, -0.2) is 19.9 Å². The number of carbonyl (C=O) groups is 1. The number of halogens is 1. The summed E-state index contributed by atoms with van der Waals surface area (Å²) < 4.78 is 1.03. The topological polar surface area (TPSA) is 23.6 Å². The quantitative estimate of drug-likeness (QED) is 0.408. The lowest BCUT2D eigenvalue weighted by molar-refractivity contribution is -0.117. The van der Waals surface area contributed by atoms with Crippen molar-refractivity contribution in [2.24, 2.45) is 5.41 Å². The lowest BCUT2D eigenvalue weighted by Gasteiger charge is -2.41. The molecule has 0 fully saturated rings. The number of nitrogens with zero attached hydrogens (tertiary/aromatic N) is 2. The summed E-state index contributed by atoms with van der Waals surface area (Å²) in [4.78, 5) is 17.8. The van der Waals surface area contributed by atoms with Crippen LogP contribution in [0.15, 0.2) is 64.8 Å². The minimum Gasteiger partial charge on any atom is -0.377 e. The molecule has 158 valence electrons. The van der Waals surface area contributed by atoms with Crippen LogP contribution in [0.2, 0.25) is 0 Å². The normalized spacial score (nSPS) is 17.6. The van der Waals surface area contributed by atoms with Crippen molar-refractivity contribution in [3.63, 3.8) is 0 Å². The lowest BCUT2D eigenvalue weighted by atomic mass is 9.71. The first-order valence-electron chi connectivity index (χ1n) is 10.8. The van der Waals surface area contributed by atoms with Crippen LogP contribution in [0.1, 0.15) is 37.8 Å². The van der Waals surface area contributed by atoms with E-state index < -0.39 is 0 Å². The zero-order chi connectivity index (χ0) is 21.9. The SMILES string of the molecule is CN(C)c1ccc(N2Cc3ccc4ccccc4c3C3=C2C(=O)CC(C)(C)C3)cc1Br. The van der Waals surface area contributed by atoms with Crippen molar-refractivity contribution in [3.05, 3.63) is 75.9 Å². The van der Waals surface area contributed by atoms with Crippen LogP contribution >= 0.6 is 15.9 Å². The summed E-state index contributed by atoms with van der Waals surface area (Å²) in [5.74, 6) is 0.248. The van der Waals surface area contributed by atoms with E-state index in [2.05, 4.69) is 94.2 Å². The van der Waals surface area contributed by atoms with Gasteiger partial charge in [-0.25, -0.2) is 0 Å². The van der Waals surface area contributed by atoms with Gasteiger partial charge in [-0.05, 0) is 73.4 Å². The Balaban J connectivity index is 1.75. The number of rotatable bonds is 2. The molecular weight excluding hydrogens is 448 g/mol. The zero-order valence-corrected chi connectivity index (χ0v) is 20.1. The van der Waals surface area contributed by atoms with Crippen molar-refractivity contribution in [1.29, 1.82) is 0 Å². The van der Waals surface area contributed by atoms with E-state index in [9.17, 15) is 4.79 Å². The molecule has 2 aliphatic rings. The molecule has 5 rings (SSSR count). The molecule has 0 aromatic heterocycles. The van der Waals surface area contributed by atoms with Gasteiger partial charge in [-0.2, -0.15) is 0 Å². The van der Waals surface area contributed by atoms with Gasteiger partial charge in [0.1, 0.15) is 0 Å². The highest BCUT2D eigenvalue weighted by Crippen LogP contribution is 2.49. The second kappa shape index (κ2) is 7.23. The smallest absolute Gasteiger partial charge is 0.180 e. The third kappa shape index (κ3) is 3.38. The van der Waals surface area contributed by atoms with E-state index in [1.54, 1.807) is 0 Å². The van der Waals surface area contributed by atoms with Crippen molar-refractivity contribution in [2.45, 2.75) is 33.2 Å². The summed E-state index contributed by atoms with van der Waals surface area (Å²) in [6.45, 7) is 5.13. The minimum atomic E-state index is -0.0392. The average Bonchev–Trinajstić information content (AvgIpc) is 2.71. The molecule has 0 amide bonds. The predicted octanol–water partition coefficient (Wildman–Crippen LogP) is 6.79. The summed E-state index contributed by atoms with van der Waals surface area (Å²) in [7, 11) is 4.07. The Morgan fingerprint density at radius 3 is 2.52 bits per heavy atom. The monoisotopic (exact) mass is 474 g/mol. The van der Waals surface area contributed by atoms with E-state index in [0.717, 1.165) is 28.0 Å². The van der Waals surface area contributed by atoms with Gasteiger partial charge in [0, 0.05) is 37.2 Å². The Kier molecular flexibility index (Phi) is 4.74. The van der Waals surface area contributed by atoms with Crippen LogP contribution in [0.4, 0.5) is 11.4 Å². The molecule has 31 heavy (non-hydrogen) atoms. The summed E-state index contributed by atoms with van der Waals surface area (Å²) >= 11 is 3.73. The number of benzene rings is 3. The van der Waals surface area contributed by atoms with Crippen LogP contribution in [0.5, 0.6) is 0 Å². The van der Waals surface area contributed by atoms with Crippen LogP contribution < -0.4 is 9.80 Å². The highest BCUT2D eigenvalue weighted by molar-refractivity contribution is 9.10. The summed E-state index contributed by atoms with van der Waals surface area (Å²) in [6.07, 6.45) is 1.49. The number of fused-ring (bicyclic) bond motifs is 4. The molecule has 3 aromatic carbocycles. The van der Waals surface area contributed by atoms with Crippen molar-refractivity contribution < 1.29 is 4.79 Å². The standard InChI is InChI=1S/C27H27BrN2O/c1-27(2)14-21-25-18(10-9-17-7-5-6-8-20(17)25)16-30(26(21)24(31)15-27)19-11-12-23(29(3)4)22(28)13-19/h5-13H,14-16H2,1-4H3. The van der Waals surface area contributed by atoms with Gasteiger partial charge >= 0.3 is 0 Å². The molecule has 4 heteroatoms. The second-order valence-corrected chi connectivity index (χ2v) is 10.6. The number of anilines is 2. The second-order valence-electron chi connectivity index (χ2n) is 9.71. The average molecular weight is 475 g/mol. The van der Waals surface area contributed by atoms with Gasteiger partial charge in [0.2, 0.25) is 0 Å². The van der Waals surface area contributed by atoms with E-state index in [1.807, 2.05) is 14.1 Å². The number of hydrogen-bond donors (Lipinski definition) is 0. The van der Waals surface area contributed by atoms with Gasteiger partial charge in [-0.3, -0.25) is 4.79 Å². The molecular formula is C27H27BrN2O. The van der Waals surface area contributed by atoms with Crippen molar-refractivity contribution in [1.82, 2.24) is 0 Å². The molecule has 3 aromatic rings. The Morgan fingerprint density at radius 1 is 1.00 bits per heavy atom. The van der Waals surface area contributed by atoms with Crippen molar-refractivity contribution >= 4 is 49.4 Å². The molecule has 0 atom stereocenters. The third-order valence-electron chi connectivity index (χ3n) is 6.48. The van der Waals surface area contributed by atoms with Crippen LogP contribution in [0.3, 0.4) is 0 Å². The van der Waals surface area contributed by atoms with Gasteiger partial charge in [-0.15, -0.1) is 0 Å². The van der Waals surface area contributed by atoms with Crippen molar-refractivity contribution in [2.75, 3.05) is 23.9 Å². The fourth-order valence-electron chi connectivity index (χ4n) is 5.13. The first kappa shape index (κ1) is 20.3. The number of allylic oxidation sites excluding steroid dienone is 2. The van der Waals surface area contributed by atoms with Gasteiger partial charge < -0.3 is 9.80 Å². The summed E-state index contributed by atoms with van der Waals surface area (Å²) in [5, 5.41) is 2.48. The highest BCUT2D eigenvalue weighted by atomic mass is 79.9. The molecule has 0 bridgehead atoms. The molecule has 0 N–H and O–H groups in total. The van der Waals surface area contributed by atoms with Crippen molar-refractivity contribution in [3.8, 4) is 0 Å². The summed E-state index contributed by atoms with van der Waals surface area (Å²) in [5.41, 5.74) is 6.78. The zero-order valence-electron chi connectivity index (χ0n) is 18.5. The van der Waals surface area contributed by atoms with Gasteiger partial charge in [0.05, 0.1) is 11.4 Å². The Morgan fingerprint density at radius 2 is 1.77 bits per heavy atom. The molecule has 1 aliphatic carbocycles. The maximum absolute atomic E-state index is 13.5. The Bertz CT molecular complexity index is 1260. The molecule has 0 radical (unpaired) electrons. The van der Waals surface area contributed by atoms with E-state index in [1.165, 1.54) is 27.5 Å². The Labute approximate surface area is 192 Å². The van der Waals surface area contributed by atoms with E-state index in [4.69, 9.17) is 0 Å². The number of carbonyl (C=O) groups excluding carboxylic acids is 1. The van der Waals surface area contributed by atoms with E-state index >= 15 is 0 Å². The molecule has 0 spiro atoms. The number of Topliss-reactive ketones (excluding diaryl/α,β-unsaturated/α-hetero) is 1. The van der Waals surface area contributed by atoms with Gasteiger partial charge in [0.25, 0.3) is 0 Å². The largest absolute Gasteiger partial charge is 0.377 e. The molecule has 0 saturated carbocycles. The summed E-state index contributed by atoms with van der Waals surface area (Å²) in [6, 6.07) is 19.4. The van der Waals surface area contributed by atoms with Crippen LogP contribution in [0.25, 0.3) is 16.3 Å². The minimum absolute atomic E-state index is 0.0392.